The minimum Gasteiger partial charge on any atom is -0.459 e. The summed E-state index contributed by atoms with van der Waals surface area (Å²) in [6.07, 6.45) is 4.66. The lowest BCUT2D eigenvalue weighted by Crippen LogP contribution is -2.15. The van der Waals surface area contributed by atoms with Crippen LogP contribution in [0.15, 0.2) is 28.7 Å². The van der Waals surface area contributed by atoms with Crippen LogP contribution in [-0.4, -0.2) is 7.05 Å². The summed E-state index contributed by atoms with van der Waals surface area (Å²) in [6.45, 7) is 2.19. The molecule has 0 aliphatic carbocycles. The van der Waals surface area contributed by atoms with Crippen LogP contribution in [0.2, 0.25) is 0 Å². The molecular weight excluding hydrogens is 229 g/mol. The molecule has 0 bridgehead atoms. The van der Waals surface area contributed by atoms with E-state index in [1.807, 2.05) is 13.1 Å². The van der Waals surface area contributed by atoms with E-state index in [4.69, 9.17) is 4.42 Å². The molecule has 0 radical (unpaired) electrons. The number of nitrogens with one attached hydrogen (secondary N) is 1. The Balaban J connectivity index is 2.17. The van der Waals surface area contributed by atoms with Crippen molar-refractivity contribution in [2.24, 2.45) is 0 Å². The maximum Gasteiger partial charge on any atom is 0.134 e. The Labute approximate surface area is 107 Å². The van der Waals surface area contributed by atoms with E-state index >= 15 is 0 Å². The number of hydrogen-bond acceptors (Lipinski definition) is 2. The summed E-state index contributed by atoms with van der Waals surface area (Å²) in [7, 11) is 1.93. The van der Waals surface area contributed by atoms with Gasteiger partial charge in [-0.15, -0.1) is 0 Å². The van der Waals surface area contributed by atoms with Gasteiger partial charge in [-0.3, -0.25) is 0 Å². The summed E-state index contributed by atoms with van der Waals surface area (Å²) in [5.41, 5.74) is 0.752. The molecule has 0 amide bonds. The van der Waals surface area contributed by atoms with Crippen molar-refractivity contribution in [3.05, 3.63) is 35.8 Å². The number of unbranched alkanes of at least 4 members (excludes halogenated alkanes) is 2. The van der Waals surface area contributed by atoms with Crippen LogP contribution in [0.25, 0.3) is 11.0 Å². The highest BCUT2D eigenvalue weighted by Crippen LogP contribution is 2.27. The largest absolute Gasteiger partial charge is 0.459 e. The van der Waals surface area contributed by atoms with Crippen molar-refractivity contribution < 1.29 is 8.81 Å². The van der Waals surface area contributed by atoms with Gasteiger partial charge < -0.3 is 9.73 Å². The lowest BCUT2D eigenvalue weighted by Gasteiger charge is -2.12. The summed E-state index contributed by atoms with van der Waals surface area (Å²) in [4.78, 5) is 0. The number of fused-ring (bicyclic) bond motifs is 1. The molecule has 1 aromatic carbocycles. The molecule has 2 aromatic rings. The number of rotatable bonds is 6. The van der Waals surface area contributed by atoms with Gasteiger partial charge in [0.15, 0.2) is 0 Å². The molecule has 2 nitrogen and oxygen atoms in total. The predicted octanol–water partition coefficient (Wildman–Crippen LogP) is 4.41. The first kappa shape index (κ1) is 13.1. The van der Waals surface area contributed by atoms with E-state index in [0.717, 1.165) is 23.2 Å². The number of hydrogen-bond donors (Lipinski definition) is 1. The number of halogens is 1. The lowest BCUT2D eigenvalue weighted by molar-refractivity contribution is 0.420. The Morgan fingerprint density at radius 3 is 2.83 bits per heavy atom. The molecule has 2 rings (SSSR count). The van der Waals surface area contributed by atoms with Crippen LogP contribution in [0.5, 0.6) is 0 Å². The van der Waals surface area contributed by atoms with Crippen LogP contribution in [0.1, 0.15) is 44.4 Å². The van der Waals surface area contributed by atoms with Gasteiger partial charge in [-0.2, -0.15) is 0 Å². The molecule has 1 heterocycles. The average Bonchev–Trinajstić information content (AvgIpc) is 2.77. The molecule has 3 heteroatoms. The highest BCUT2D eigenvalue weighted by atomic mass is 19.1. The molecule has 1 N–H and O–H groups in total. The van der Waals surface area contributed by atoms with Gasteiger partial charge in [-0.05, 0) is 37.7 Å². The minimum absolute atomic E-state index is 0.215. The Bertz CT molecular complexity index is 506. The summed E-state index contributed by atoms with van der Waals surface area (Å²) in [6, 6.07) is 6.78. The standard InChI is InChI=1S/C15H20FNO/c1-3-4-5-6-13(17-2)15-10-11-9-12(16)7-8-14(11)18-15/h7-10,13,17H,3-6H2,1-2H3. The van der Waals surface area contributed by atoms with Crippen LogP contribution in [-0.2, 0) is 0 Å². The van der Waals surface area contributed by atoms with E-state index in [9.17, 15) is 4.39 Å². The monoisotopic (exact) mass is 249 g/mol. The second-order valence-electron chi connectivity index (χ2n) is 4.67. The zero-order valence-corrected chi connectivity index (χ0v) is 11.0. The summed E-state index contributed by atoms with van der Waals surface area (Å²) in [5, 5.41) is 4.10. The molecule has 0 aliphatic rings. The van der Waals surface area contributed by atoms with Crippen molar-refractivity contribution in [1.29, 1.82) is 0 Å². The Hall–Kier alpha value is -1.35. The average molecular weight is 249 g/mol. The fraction of sp³-hybridized carbons (Fsp3) is 0.467. The van der Waals surface area contributed by atoms with Gasteiger partial charge in [0.05, 0.1) is 6.04 Å². The van der Waals surface area contributed by atoms with Crippen molar-refractivity contribution in [1.82, 2.24) is 5.32 Å². The zero-order chi connectivity index (χ0) is 13.0. The molecule has 98 valence electrons. The van der Waals surface area contributed by atoms with Crippen molar-refractivity contribution >= 4 is 11.0 Å². The molecule has 0 saturated heterocycles. The normalized spacial score (nSPS) is 13.1. The van der Waals surface area contributed by atoms with Crippen LogP contribution < -0.4 is 5.32 Å². The van der Waals surface area contributed by atoms with E-state index in [1.54, 1.807) is 6.07 Å². The molecule has 1 aromatic heterocycles. The van der Waals surface area contributed by atoms with Gasteiger partial charge in [0, 0.05) is 5.39 Å². The van der Waals surface area contributed by atoms with Crippen molar-refractivity contribution in [2.45, 2.75) is 38.6 Å². The highest BCUT2D eigenvalue weighted by molar-refractivity contribution is 5.78. The first-order valence-corrected chi connectivity index (χ1v) is 6.61. The quantitative estimate of drug-likeness (QED) is 0.767. The van der Waals surface area contributed by atoms with Crippen molar-refractivity contribution in [3.8, 4) is 0 Å². The second-order valence-corrected chi connectivity index (χ2v) is 4.67. The molecule has 0 aliphatic heterocycles. The van der Waals surface area contributed by atoms with Crippen LogP contribution in [0.3, 0.4) is 0 Å². The predicted molar refractivity (Wildman–Crippen MR) is 72.1 cm³/mol. The second kappa shape index (κ2) is 6.01. The van der Waals surface area contributed by atoms with Crippen molar-refractivity contribution in [2.75, 3.05) is 7.05 Å². The molecule has 0 fully saturated rings. The van der Waals surface area contributed by atoms with E-state index < -0.39 is 0 Å². The third-order valence-electron chi connectivity index (χ3n) is 3.29. The number of benzene rings is 1. The fourth-order valence-corrected chi connectivity index (χ4v) is 2.23. The third-order valence-corrected chi connectivity index (χ3v) is 3.29. The van der Waals surface area contributed by atoms with Crippen LogP contribution in [0, 0.1) is 5.82 Å². The van der Waals surface area contributed by atoms with E-state index in [-0.39, 0.29) is 11.9 Å². The molecule has 1 atom stereocenters. The molecular formula is C15H20FNO. The fourth-order valence-electron chi connectivity index (χ4n) is 2.23. The van der Waals surface area contributed by atoms with Crippen LogP contribution in [0.4, 0.5) is 4.39 Å². The maximum absolute atomic E-state index is 13.1. The van der Waals surface area contributed by atoms with Gasteiger partial charge >= 0.3 is 0 Å². The van der Waals surface area contributed by atoms with Crippen LogP contribution >= 0.6 is 0 Å². The summed E-state index contributed by atoms with van der Waals surface area (Å²) < 4.78 is 18.9. The van der Waals surface area contributed by atoms with Gasteiger partial charge in [-0.1, -0.05) is 26.2 Å². The first-order chi connectivity index (χ1) is 8.74. The Morgan fingerprint density at radius 1 is 1.28 bits per heavy atom. The molecule has 0 saturated carbocycles. The molecule has 18 heavy (non-hydrogen) atoms. The van der Waals surface area contributed by atoms with E-state index in [0.29, 0.717) is 0 Å². The van der Waals surface area contributed by atoms with Gasteiger partial charge in [-0.25, -0.2) is 4.39 Å². The van der Waals surface area contributed by atoms with Crippen molar-refractivity contribution in [3.63, 3.8) is 0 Å². The van der Waals surface area contributed by atoms with Gasteiger partial charge in [0.2, 0.25) is 0 Å². The maximum atomic E-state index is 13.1. The topological polar surface area (TPSA) is 25.2 Å². The summed E-state index contributed by atoms with van der Waals surface area (Å²) in [5.74, 6) is 0.677. The SMILES string of the molecule is CCCCCC(NC)c1cc2cc(F)ccc2o1. The zero-order valence-electron chi connectivity index (χ0n) is 11.0. The Morgan fingerprint density at radius 2 is 2.11 bits per heavy atom. The van der Waals surface area contributed by atoms with Gasteiger partial charge in [0.1, 0.15) is 17.2 Å². The minimum atomic E-state index is -0.221. The third kappa shape index (κ3) is 2.91. The molecule has 1 unspecified atom stereocenters. The van der Waals surface area contributed by atoms with Gasteiger partial charge in [0.25, 0.3) is 0 Å². The van der Waals surface area contributed by atoms with E-state index in [2.05, 4.69) is 12.2 Å². The van der Waals surface area contributed by atoms with E-state index in [1.165, 1.54) is 31.4 Å². The Kier molecular flexibility index (Phi) is 4.37. The highest BCUT2D eigenvalue weighted by Gasteiger charge is 2.14. The molecule has 0 spiro atoms. The first-order valence-electron chi connectivity index (χ1n) is 6.61. The summed E-state index contributed by atoms with van der Waals surface area (Å²) >= 11 is 0. The smallest absolute Gasteiger partial charge is 0.134 e. The lowest BCUT2D eigenvalue weighted by atomic mass is 10.1. The number of furan rings is 1.